The van der Waals surface area contributed by atoms with E-state index in [-0.39, 0.29) is 5.92 Å². The van der Waals surface area contributed by atoms with Crippen molar-refractivity contribution in [1.29, 1.82) is 0 Å². The lowest BCUT2D eigenvalue weighted by molar-refractivity contribution is -0.139. The van der Waals surface area contributed by atoms with Crippen LogP contribution in [0.4, 0.5) is 0 Å². The number of nitrogens with zero attached hydrogens (tertiary/aromatic N) is 1. The van der Waals surface area contributed by atoms with Gasteiger partial charge in [-0.1, -0.05) is 41.5 Å². The largest absolute Gasteiger partial charge is 0.339 e. The van der Waals surface area contributed by atoms with Gasteiger partial charge in [-0.2, -0.15) is 0 Å². The van der Waals surface area contributed by atoms with Gasteiger partial charge in [-0.3, -0.25) is 4.79 Å². The predicted octanol–water partition coefficient (Wildman–Crippen LogP) is 3.56. The van der Waals surface area contributed by atoms with Crippen LogP contribution in [-0.4, -0.2) is 23.4 Å². The van der Waals surface area contributed by atoms with Crippen LogP contribution in [0.1, 0.15) is 54.4 Å². The van der Waals surface area contributed by atoms with Crippen molar-refractivity contribution in [3.05, 3.63) is 0 Å². The molecule has 1 unspecified atom stereocenters. The molecule has 0 bridgehead atoms. The van der Waals surface area contributed by atoms with E-state index in [0.717, 1.165) is 13.0 Å². The number of amides is 1. The third kappa shape index (κ3) is 3.23. The molecule has 1 aliphatic rings. The van der Waals surface area contributed by atoms with Crippen LogP contribution in [0.3, 0.4) is 0 Å². The van der Waals surface area contributed by atoms with Crippen LogP contribution in [0, 0.1) is 23.7 Å². The SMILES string of the molecule is CC[C@@H]1CC(C)CN1C(=O)C(C(C)C)C(C)C. The first-order valence-electron chi connectivity index (χ1n) is 7.18. The Hall–Kier alpha value is -0.530. The van der Waals surface area contributed by atoms with Crippen molar-refractivity contribution in [1.82, 2.24) is 4.90 Å². The molecule has 100 valence electrons. The van der Waals surface area contributed by atoms with Gasteiger partial charge in [-0.15, -0.1) is 0 Å². The Balaban J connectivity index is 2.80. The third-order valence-electron chi connectivity index (χ3n) is 4.10. The Bertz CT molecular complexity index is 252. The van der Waals surface area contributed by atoms with Gasteiger partial charge >= 0.3 is 0 Å². The van der Waals surface area contributed by atoms with E-state index in [1.165, 1.54) is 6.42 Å². The number of hydrogen-bond acceptors (Lipinski definition) is 1. The van der Waals surface area contributed by atoms with Crippen molar-refractivity contribution in [2.75, 3.05) is 6.54 Å². The second-order valence-electron chi connectivity index (χ2n) is 6.41. The molecule has 1 fully saturated rings. The lowest BCUT2D eigenvalue weighted by atomic mass is 9.84. The van der Waals surface area contributed by atoms with Crippen LogP contribution in [0.5, 0.6) is 0 Å². The summed E-state index contributed by atoms with van der Waals surface area (Å²) in [5.41, 5.74) is 0. The highest BCUT2D eigenvalue weighted by atomic mass is 16.2. The maximum atomic E-state index is 12.7. The molecule has 2 nitrogen and oxygen atoms in total. The van der Waals surface area contributed by atoms with Crippen molar-refractivity contribution < 1.29 is 4.79 Å². The van der Waals surface area contributed by atoms with Crippen molar-refractivity contribution in [3.63, 3.8) is 0 Å². The molecular weight excluding hydrogens is 210 g/mol. The molecule has 0 aromatic carbocycles. The standard InChI is InChI=1S/C15H29NO/c1-7-13-8-12(6)9-16(13)15(17)14(10(2)3)11(4)5/h10-14H,7-9H2,1-6H3/t12?,13-/m1/s1. The van der Waals surface area contributed by atoms with Crippen LogP contribution in [0.2, 0.25) is 0 Å². The zero-order valence-electron chi connectivity index (χ0n) is 12.4. The fourth-order valence-corrected chi connectivity index (χ4v) is 3.34. The summed E-state index contributed by atoms with van der Waals surface area (Å²) in [6, 6.07) is 0.484. The average molecular weight is 239 g/mol. The quantitative estimate of drug-likeness (QED) is 0.734. The minimum absolute atomic E-state index is 0.189. The molecule has 2 atom stereocenters. The molecule has 0 spiro atoms. The zero-order valence-corrected chi connectivity index (χ0v) is 12.4. The van der Waals surface area contributed by atoms with E-state index in [0.29, 0.717) is 29.7 Å². The Morgan fingerprint density at radius 3 is 2.18 bits per heavy atom. The van der Waals surface area contributed by atoms with Crippen LogP contribution in [0.15, 0.2) is 0 Å². The number of rotatable bonds is 4. The summed E-state index contributed by atoms with van der Waals surface area (Å²) < 4.78 is 0. The van der Waals surface area contributed by atoms with Gasteiger partial charge in [0.2, 0.25) is 5.91 Å². The predicted molar refractivity (Wildman–Crippen MR) is 72.7 cm³/mol. The first kappa shape index (κ1) is 14.5. The van der Waals surface area contributed by atoms with Crippen molar-refractivity contribution in [2.24, 2.45) is 23.7 Å². The molecule has 0 aromatic heterocycles. The van der Waals surface area contributed by atoms with E-state index in [4.69, 9.17) is 0 Å². The second-order valence-corrected chi connectivity index (χ2v) is 6.41. The second kappa shape index (κ2) is 5.88. The summed E-state index contributed by atoms with van der Waals surface area (Å²) in [4.78, 5) is 14.8. The topological polar surface area (TPSA) is 20.3 Å². The fourth-order valence-electron chi connectivity index (χ4n) is 3.34. The van der Waals surface area contributed by atoms with Crippen LogP contribution < -0.4 is 0 Å². The Kier molecular flexibility index (Phi) is 5.03. The molecule has 0 aliphatic carbocycles. The van der Waals surface area contributed by atoms with Gasteiger partial charge in [0.1, 0.15) is 0 Å². The molecule has 1 aliphatic heterocycles. The minimum atomic E-state index is 0.189. The first-order chi connectivity index (χ1) is 7.88. The lowest BCUT2D eigenvalue weighted by Crippen LogP contribution is -2.43. The Morgan fingerprint density at radius 1 is 1.24 bits per heavy atom. The summed E-state index contributed by atoms with van der Waals surface area (Å²) in [5.74, 6) is 2.14. The highest BCUT2D eigenvalue weighted by Gasteiger charge is 2.37. The summed E-state index contributed by atoms with van der Waals surface area (Å²) in [6.07, 6.45) is 2.28. The first-order valence-corrected chi connectivity index (χ1v) is 7.18. The van der Waals surface area contributed by atoms with Crippen LogP contribution in [-0.2, 0) is 4.79 Å². The molecule has 1 saturated heterocycles. The monoisotopic (exact) mass is 239 g/mol. The van der Waals surface area contributed by atoms with Crippen molar-refractivity contribution >= 4 is 5.91 Å². The molecule has 0 saturated carbocycles. The van der Waals surface area contributed by atoms with Gasteiger partial charge in [-0.25, -0.2) is 0 Å². The van der Waals surface area contributed by atoms with Gasteiger partial charge in [-0.05, 0) is 30.6 Å². The van der Waals surface area contributed by atoms with E-state index in [1.807, 2.05) is 0 Å². The molecule has 17 heavy (non-hydrogen) atoms. The molecule has 2 heteroatoms. The van der Waals surface area contributed by atoms with Gasteiger partial charge < -0.3 is 4.90 Å². The molecule has 0 N–H and O–H groups in total. The Morgan fingerprint density at radius 2 is 1.76 bits per heavy atom. The molecule has 0 aromatic rings. The molecule has 1 heterocycles. The van der Waals surface area contributed by atoms with Crippen molar-refractivity contribution in [3.8, 4) is 0 Å². The Labute approximate surface area is 107 Å². The summed E-state index contributed by atoms with van der Waals surface area (Å²) in [7, 11) is 0. The summed E-state index contributed by atoms with van der Waals surface area (Å²) in [5, 5.41) is 0. The molecule has 1 rings (SSSR count). The number of likely N-dealkylation sites (tertiary alicyclic amines) is 1. The number of carbonyl (C=O) groups is 1. The maximum Gasteiger partial charge on any atom is 0.226 e. The van der Waals surface area contributed by atoms with E-state index < -0.39 is 0 Å². The minimum Gasteiger partial charge on any atom is -0.339 e. The summed E-state index contributed by atoms with van der Waals surface area (Å²) >= 11 is 0. The van der Waals surface area contributed by atoms with E-state index in [1.54, 1.807) is 0 Å². The van der Waals surface area contributed by atoms with Crippen LogP contribution >= 0.6 is 0 Å². The average Bonchev–Trinajstić information content (AvgIpc) is 2.58. The maximum absolute atomic E-state index is 12.7. The molecular formula is C15H29NO. The van der Waals surface area contributed by atoms with Crippen molar-refractivity contribution in [2.45, 2.75) is 60.4 Å². The molecule has 0 radical (unpaired) electrons. The number of carbonyl (C=O) groups excluding carboxylic acids is 1. The van der Waals surface area contributed by atoms with Gasteiger partial charge in [0, 0.05) is 18.5 Å². The molecule has 1 amide bonds. The van der Waals surface area contributed by atoms with E-state index in [9.17, 15) is 4.79 Å². The van der Waals surface area contributed by atoms with Gasteiger partial charge in [0.05, 0.1) is 0 Å². The zero-order chi connectivity index (χ0) is 13.2. The smallest absolute Gasteiger partial charge is 0.226 e. The highest BCUT2D eigenvalue weighted by molar-refractivity contribution is 5.80. The number of hydrogen-bond donors (Lipinski definition) is 0. The highest BCUT2D eigenvalue weighted by Crippen LogP contribution is 2.30. The van der Waals surface area contributed by atoms with Gasteiger partial charge in [0.15, 0.2) is 0 Å². The van der Waals surface area contributed by atoms with Crippen LogP contribution in [0.25, 0.3) is 0 Å². The fraction of sp³-hybridized carbons (Fsp3) is 0.933. The third-order valence-corrected chi connectivity index (χ3v) is 4.10. The van der Waals surface area contributed by atoms with Gasteiger partial charge in [0.25, 0.3) is 0 Å². The normalized spacial score (nSPS) is 25.4. The van der Waals surface area contributed by atoms with E-state index >= 15 is 0 Å². The van der Waals surface area contributed by atoms with E-state index in [2.05, 4.69) is 46.4 Å². The summed E-state index contributed by atoms with van der Waals surface area (Å²) in [6.45, 7) is 14.1. The lowest BCUT2D eigenvalue weighted by Gasteiger charge is -2.32.